The second-order valence-electron chi connectivity index (χ2n) is 6.72. The Kier molecular flexibility index (Phi) is 7.62. The maximum atomic E-state index is 12.5. The first-order valence-electron chi connectivity index (χ1n) is 9.44. The van der Waals surface area contributed by atoms with Gasteiger partial charge in [-0.25, -0.2) is 16.8 Å². The van der Waals surface area contributed by atoms with Crippen molar-refractivity contribution in [2.45, 2.75) is 25.7 Å². The number of para-hydroxylation sites is 1. The molecule has 0 atom stereocenters. The van der Waals surface area contributed by atoms with Gasteiger partial charge in [0.15, 0.2) is 0 Å². The Hall–Kier alpha value is -2.43. The molecule has 0 unspecified atom stereocenters. The average Bonchev–Trinajstić information content (AvgIpc) is 2.67. The van der Waals surface area contributed by atoms with Crippen LogP contribution < -0.4 is 9.62 Å². The number of aryl methyl sites for hydroxylation is 1. The molecule has 164 valence electrons. The third kappa shape index (κ3) is 5.59. The predicted octanol–water partition coefficient (Wildman–Crippen LogP) is 2.43. The van der Waals surface area contributed by atoms with Gasteiger partial charge in [0, 0.05) is 18.8 Å². The van der Waals surface area contributed by atoms with Crippen LogP contribution in [0.15, 0.2) is 53.4 Å². The fourth-order valence-electron chi connectivity index (χ4n) is 2.98. The maximum Gasteiger partial charge on any atom is 0.245 e. The summed E-state index contributed by atoms with van der Waals surface area (Å²) in [7, 11) is -7.27. The molecule has 30 heavy (non-hydrogen) atoms. The Morgan fingerprint density at radius 1 is 0.933 bits per heavy atom. The van der Waals surface area contributed by atoms with Crippen LogP contribution >= 0.6 is 0 Å². The number of rotatable bonds is 9. The van der Waals surface area contributed by atoms with E-state index in [1.54, 1.807) is 45.0 Å². The summed E-state index contributed by atoms with van der Waals surface area (Å²) >= 11 is 0. The summed E-state index contributed by atoms with van der Waals surface area (Å²) < 4.78 is 51.9. The van der Waals surface area contributed by atoms with Gasteiger partial charge in [-0.3, -0.25) is 9.10 Å². The lowest BCUT2D eigenvalue weighted by Crippen LogP contribution is -2.37. The lowest BCUT2D eigenvalue weighted by molar-refractivity contribution is -0.114. The number of sulfonamides is 2. The summed E-state index contributed by atoms with van der Waals surface area (Å²) in [5, 5.41) is 2.62. The number of anilines is 2. The minimum absolute atomic E-state index is 0.127. The standard InChI is InChI=1S/C20H27N3O5S2/c1-5-22(6-2)30(27,28)18-13-11-17(12-14-18)21-20(24)15-23(29(4,25)26)19-10-8-7-9-16(19)3/h7-14H,5-6,15H2,1-4H3,(H,21,24). The molecule has 1 N–H and O–H groups in total. The molecule has 0 radical (unpaired) electrons. The van der Waals surface area contributed by atoms with E-state index in [1.807, 2.05) is 0 Å². The second-order valence-corrected chi connectivity index (χ2v) is 10.6. The maximum absolute atomic E-state index is 12.5. The molecule has 0 aliphatic rings. The minimum Gasteiger partial charge on any atom is -0.325 e. The van der Waals surface area contributed by atoms with E-state index in [0.29, 0.717) is 24.5 Å². The Labute approximate surface area is 178 Å². The molecule has 0 spiro atoms. The quantitative estimate of drug-likeness (QED) is 0.628. The van der Waals surface area contributed by atoms with E-state index >= 15 is 0 Å². The summed E-state index contributed by atoms with van der Waals surface area (Å²) in [6.07, 6.45) is 1.04. The van der Waals surface area contributed by atoms with Crippen molar-refractivity contribution in [2.24, 2.45) is 0 Å². The molecule has 1 amide bonds. The zero-order valence-electron chi connectivity index (χ0n) is 17.5. The van der Waals surface area contributed by atoms with Gasteiger partial charge in [-0.1, -0.05) is 32.0 Å². The van der Waals surface area contributed by atoms with E-state index in [2.05, 4.69) is 5.32 Å². The molecule has 10 heteroatoms. The molecule has 0 saturated carbocycles. The predicted molar refractivity (Wildman–Crippen MR) is 119 cm³/mol. The summed E-state index contributed by atoms with van der Waals surface area (Å²) in [6, 6.07) is 12.7. The summed E-state index contributed by atoms with van der Waals surface area (Å²) in [4.78, 5) is 12.6. The normalized spacial score (nSPS) is 12.0. The topological polar surface area (TPSA) is 104 Å². The van der Waals surface area contributed by atoms with Crippen LogP contribution in [0.3, 0.4) is 0 Å². The molecule has 0 fully saturated rings. The number of nitrogens with zero attached hydrogens (tertiary/aromatic N) is 2. The Balaban J connectivity index is 2.18. The van der Waals surface area contributed by atoms with Gasteiger partial charge in [0.2, 0.25) is 26.0 Å². The van der Waals surface area contributed by atoms with Gasteiger partial charge in [0.1, 0.15) is 6.54 Å². The summed E-state index contributed by atoms with van der Waals surface area (Å²) in [5.41, 5.74) is 1.52. The van der Waals surface area contributed by atoms with Crippen molar-refractivity contribution >= 4 is 37.3 Å². The van der Waals surface area contributed by atoms with Crippen LogP contribution in [-0.4, -0.2) is 52.9 Å². The van der Waals surface area contributed by atoms with Crippen LogP contribution in [0.25, 0.3) is 0 Å². The molecule has 0 heterocycles. The van der Waals surface area contributed by atoms with Gasteiger partial charge in [0.05, 0.1) is 16.8 Å². The van der Waals surface area contributed by atoms with Gasteiger partial charge in [-0.15, -0.1) is 0 Å². The zero-order valence-corrected chi connectivity index (χ0v) is 19.1. The highest BCUT2D eigenvalue weighted by atomic mass is 32.2. The van der Waals surface area contributed by atoms with Crippen molar-refractivity contribution in [3.63, 3.8) is 0 Å². The zero-order chi connectivity index (χ0) is 22.5. The number of hydrogen-bond donors (Lipinski definition) is 1. The van der Waals surface area contributed by atoms with Crippen LogP contribution in [0.1, 0.15) is 19.4 Å². The number of nitrogens with one attached hydrogen (secondary N) is 1. The van der Waals surface area contributed by atoms with Crippen molar-refractivity contribution in [2.75, 3.05) is 35.5 Å². The third-order valence-corrected chi connectivity index (χ3v) is 7.74. The van der Waals surface area contributed by atoms with E-state index in [-0.39, 0.29) is 4.90 Å². The van der Waals surface area contributed by atoms with Crippen molar-refractivity contribution in [1.82, 2.24) is 4.31 Å². The molecule has 2 aromatic carbocycles. The van der Waals surface area contributed by atoms with E-state index in [9.17, 15) is 21.6 Å². The van der Waals surface area contributed by atoms with Gasteiger partial charge in [0.25, 0.3) is 0 Å². The number of carbonyl (C=O) groups is 1. The van der Waals surface area contributed by atoms with Crippen LogP contribution in [0.4, 0.5) is 11.4 Å². The Bertz CT molecular complexity index is 1090. The molecule has 0 aromatic heterocycles. The van der Waals surface area contributed by atoms with Crippen molar-refractivity contribution < 1.29 is 21.6 Å². The molecular weight excluding hydrogens is 426 g/mol. The fraction of sp³-hybridized carbons (Fsp3) is 0.350. The van der Waals surface area contributed by atoms with Crippen molar-refractivity contribution in [3.8, 4) is 0 Å². The summed E-state index contributed by atoms with van der Waals surface area (Å²) in [5.74, 6) is -0.539. The van der Waals surface area contributed by atoms with Crippen LogP contribution in [0, 0.1) is 6.92 Å². The molecule has 8 nitrogen and oxygen atoms in total. The van der Waals surface area contributed by atoms with E-state index in [1.165, 1.54) is 28.6 Å². The number of hydrogen-bond acceptors (Lipinski definition) is 5. The van der Waals surface area contributed by atoms with Gasteiger partial charge in [-0.2, -0.15) is 4.31 Å². The lowest BCUT2D eigenvalue weighted by atomic mass is 10.2. The summed E-state index contributed by atoms with van der Waals surface area (Å²) in [6.45, 7) is 5.61. The molecule has 0 aliphatic heterocycles. The number of benzene rings is 2. The van der Waals surface area contributed by atoms with E-state index in [4.69, 9.17) is 0 Å². The van der Waals surface area contributed by atoms with Crippen molar-refractivity contribution in [3.05, 3.63) is 54.1 Å². The van der Waals surface area contributed by atoms with E-state index in [0.717, 1.165) is 16.1 Å². The average molecular weight is 454 g/mol. The highest BCUT2D eigenvalue weighted by molar-refractivity contribution is 7.92. The van der Waals surface area contributed by atoms with Crippen LogP contribution in [0.5, 0.6) is 0 Å². The minimum atomic E-state index is -3.68. The van der Waals surface area contributed by atoms with Gasteiger partial charge >= 0.3 is 0 Å². The van der Waals surface area contributed by atoms with Gasteiger partial charge < -0.3 is 5.32 Å². The van der Waals surface area contributed by atoms with Crippen LogP contribution in [-0.2, 0) is 24.8 Å². The monoisotopic (exact) mass is 453 g/mol. The molecule has 0 bridgehead atoms. The second kappa shape index (κ2) is 9.59. The van der Waals surface area contributed by atoms with Crippen molar-refractivity contribution in [1.29, 1.82) is 0 Å². The van der Waals surface area contributed by atoms with E-state index < -0.39 is 32.5 Å². The highest BCUT2D eigenvalue weighted by Crippen LogP contribution is 2.22. The molecule has 0 saturated heterocycles. The van der Waals surface area contributed by atoms with Gasteiger partial charge in [-0.05, 0) is 42.8 Å². The first kappa shape index (κ1) is 23.8. The SMILES string of the molecule is CCN(CC)S(=O)(=O)c1ccc(NC(=O)CN(c2ccccc2C)S(C)(=O)=O)cc1. The molecule has 2 aromatic rings. The lowest BCUT2D eigenvalue weighted by Gasteiger charge is -2.23. The Morgan fingerprint density at radius 2 is 1.50 bits per heavy atom. The largest absolute Gasteiger partial charge is 0.325 e. The molecule has 2 rings (SSSR count). The highest BCUT2D eigenvalue weighted by Gasteiger charge is 2.23. The third-order valence-electron chi connectivity index (χ3n) is 4.55. The smallest absolute Gasteiger partial charge is 0.245 e. The first-order valence-corrected chi connectivity index (χ1v) is 12.7. The number of carbonyl (C=O) groups excluding carboxylic acids is 1. The van der Waals surface area contributed by atoms with Crippen LogP contribution in [0.2, 0.25) is 0 Å². The Morgan fingerprint density at radius 3 is 2.00 bits per heavy atom. The molecule has 0 aliphatic carbocycles. The number of amides is 1. The first-order chi connectivity index (χ1) is 14.0. The fourth-order valence-corrected chi connectivity index (χ4v) is 5.35. The molecular formula is C20H27N3O5S2.